The molecule has 5 heavy (non-hydrogen) atoms. The van der Waals surface area contributed by atoms with Gasteiger partial charge in [0.05, 0.1) is 0 Å². The van der Waals surface area contributed by atoms with Crippen LogP contribution < -0.4 is 0 Å². The van der Waals surface area contributed by atoms with Crippen LogP contribution in [0.3, 0.4) is 0 Å². The van der Waals surface area contributed by atoms with Crippen molar-refractivity contribution in [2.75, 3.05) is 0 Å². The van der Waals surface area contributed by atoms with E-state index in [4.69, 9.17) is 0 Å². The zero-order valence-electron chi connectivity index (χ0n) is 4.50. The van der Waals surface area contributed by atoms with Crippen molar-refractivity contribution in [2.45, 2.75) is 0 Å². The van der Waals surface area contributed by atoms with Gasteiger partial charge in [-0.05, 0) is 0 Å². The first-order chi connectivity index (χ1) is 0. The second-order valence-corrected chi connectivity index (χ2v) is 0. The van der Waals surface area contributed by atoms with Crippen LogP contribution in [0.25, 0.3) is 0 Å². The van der Waals surface area contributed by atoms with E-state index in [1.807, 2.05) is 0 Å². The van der Waals surface area contributed by atoms with Crippen LogP contribution in [0.15, 0.2) is 0 Å². The molecule has 0 aromatic heterocycles. The minimum absolute atomic E-state index is 0. The van der Waals surface area contributed by atoms with Gasteiger partial charge in [0.2, 0.25) is 0 Å². The Morgan fingerprint density at radius 3 is 0.400 bits per heavy atom. The molecule has 0 aliphatic rings. The maximum Gasteiger partial charge on any atom is 0 e. The van der Waals surface area contributed by atoms with Crippen LogP contribution in [0, 0.1) is 31.1 Å². The van der Waals surface area contributed by atoms with E-state index in [1.54, 1.807) is 0 Å². The Bertz CT molecular complexity index is 3.61. The molecule has 0 atom stereocenters. The van der Waals surface area contributed by atoms with E-state index < -0.39 is 0 Å². The Kier molecular flexibility index (Phi) is 132. The van der Waals surface area contributed by atoms with Gasteiger partial charge >= 0.3 is 0 Å². The molecule has 0 rings (SSSR count). The average molecular weight is 394 g/mol. The molecular formula is K4U. The molecule has 0 saturated heterocycles. The molecule has 8 valence electrons. The molecule has 0 fully saturated rings. The van der Waals surface area contributed by atoms with Gasteiger partial charge in [-0.2, -0.15) is 0 Å². The minimum Gasteiger partial charge on any atom is 0 e. The topological polar surface area (TPSA) is 0 Å². The van der Waals surface area contributed by atoms with Gasteiger partial charge in [0.15, 0.2) is 0 Å². The summed E-state index contributed by atoms with van der Waals surface area (Å²) in [7, 11) is 0. The van der Waals surface area contributed by atoms with Gasteiger partial charge in [-0.3, -0.25) is 0 Å². The third-order valence-electron chi connectivity index (χ3n) is 0. The maximum atomic E-state index is 0. The number of hydrogen-bond donors (Lipinski definition) is 0. The van der Waals surface area contributed by atoms with Crippen LogP contribution >= 0.6 is 0 Å². The van der Waals surface area contributed by atoms with E-state index in [-0.39, 0.29) is 237 Å². The summed E-state index contributed by atoms with van der Waals surface area (Å²) in [6.07, 6.45) is 0. The fourth-order valence-corrected chi connectivity index (χ4v) is 0. The second-order valence-electron chi connectivity index (χ2n) is 0. The van der Waals surface area contributed by atoms with Gasteiger partial charge in [0.1, 0.15) is 0 Å². The van der Waals surface area contributed by atoms with E-state index in [0.717, 1.165) is 0 Å². The van der Waals surface area contributed by atoms with Crippen molar-refractivity contribution in [3.8, 4) is 0 Å². The summed E-state index contributed by atoms with van der Waals surface area (Å²) in [5.74, 6) is 0. The summed E-state index contributed by atoms with van der Waals surface area (Å²) < 4.78 is 0. The van der Waals surface area contributed by atoms with Crippen molar-refractivity contribution in [3.05, 3.63) is 0 Å². The summed E-state index contributed by atoms with van der Waals surface area (Å²) in [6.45, 7) is 0. The maximum absolute atomic E-state index is 0. The first kappa shape index (κ1) is 29.4. The molecule has 0 unspecified atom stereocenters. The van der Waals surface area contributed by atoms with E-state index in [9.17, 15) is 0 Å². The van der Waals surface area contributed by atoms with Gasteiger partial charge in [-0.25, -0.2) is 0 Å². The molecule has 0 bridgehead atoms. The van der Waals surface area contributed by atoms with Crippen molar-refractivity contribution < 1.29 is 31.1 Å². The van der Waals surface area contributed by atoms with Gasteiger partial charge in [-0.15, -0.1) is 0 Å². The van der Waals surface area contributed by atoms with E-state index >= 15 is 0 Å². The van der Waals surface area contributed by atoms with Crippen LogP contribution in [0.2, 0.25) is 0 Å². The van der Waals surface area contributed by atoms with E-state index in [2.05, 4.69) is 0 Å². The third-order valence-corrected chi connectivity index (χ3v) is 0. The van der Waals surface area contributed by atoms with Crippen molar-refractivity contribution in [1.82, 2.24) is 0 Å². The van der Waals surface area contributed by atoms with Crippen molar-refractivity contribution >= 4 is 206 Å². The summed E-state index contributed by atoms with van der Waals surface area (Å²) in [5.41, 5.74) is 0. The van der Waals surface area contributed by atoms with Gasteiger partial charge in [0.25, 0.3) is 0 Å². The Morgan fingerprint density at radius 2 is 0.400 bits per heavy atom. The van der Waals surface area contributed by atoms with E-state index in [0.29, 0.717) is 0 Å². The predicted molar refractivity (Wildman–Crippen MR) is 23.0 cm³/mol. The zero-order valence-corrected chi connectivity index (χ0v) is 21.2. The van der Waals surface area contributed by atoms with Crippen LogP contribution in [0.4, 0.5) is 0 Å². The van der Waals surface area contributed by atoms with Crippen LogP contribution in [0.5, 0.6) is 0 Å². The standard InChI is InChI=1S/4K.U. The summed E-state index contributed by atoms with van der Waals surface area (Å²) in [4.78, 5) is 0. The van der Waals surface area contributed by atoms with Gasteiger partial charge in [-0.1, -0.05) is 0 Å². The first-order valence-corrected chi connectivity index (χ1v) is 0. The fourth-order valence-electron chi connectivity index (χ4n) is 0. The molecule has 0 spiro atoms. The van der Waals surface area contributed by atoms with Crippen molar-refractivity contribution in [2.24, 2.45) is 0 Å². The first-order valence-electron chi connectivity index (χ1n) is 0. The molecular weight excluding hydrogens is 394 g/mol. The monoisotopic (exact) mass is 394 g/mol. The Hall–Kier alpha value is 7.60. The van der Waals surface area contributed by atoms with Crippen molar-refractivity contribution in [1.29, 1.82) is 0 Å². The fraction of sp³-hybridized carbons (Fsp3) is 0. The number of rotatable bonds is 0. The smallest absolute Gasteiger partial charge is 0 e. The molecule has 0 aliphatic heterocycles. The molecule has 0 aliphatic carbocycles. The second kappa shape index (κ2) is 22.6. The predicted octanol–water partition coefficient (Wildman–Crippen LogP) is -1.52. The normalized spacial score (nSPS) is 0. The van der Waals surface area contributed by atoms with E-state index in [1.165, 1.54) is 0 Å². The molecule has 0 amide bonds. The molecule has 0 saturated carbocycles. The molecule has 4 radical (unpaired) electrons. The summed E-state index contributed by atoms with van der Waals surface area (Å²) in [5, 5.41) is 0. The van der Waals surface area contributed by atoms with Crippen LogP contribution in [0.1, 0.15) is 0 Å². The Morgan fingerprint density at radius 1 is 0.400 bits per heavy atom. The molecule has 0 aromatic rings. The number of hydrogen-bond acceptors (Lipinski definition) is 0. The molecule has 0 nitrogen and oxygen atoms in total. The molecule has 0 aromatic carbocycles. The van der Waals surface area contributed by atoms with Crippen LogP contribution in [-0.4, -0.2) is 206 Å². The average Bonchev–Trinajstić information content (AvgIpc) is 0. The summed E-state index contributed by atoms with van der Waals surface area (Å²) >= 11 is 0. The molecule has 0 N–H and O–H groups in total. The molecule has 0 heterocycles. The SMILES string of the molecule is [K].[K].[K].[K].[U]. The Balaban J connectivity index is 0. The third kappa shape index (κ3) is 18.5. The van der Waals surface area contributed by atoms with Gasteiger partial charge < -0.3 is 0 Å². The van der Waals surface area contributed by atoms with Gasteiger partial charge in [0, 0.05) is 237 Å². The summed E-state index contributed by atoms with van der Waals surface area (Å²) in [6, 6.07) is 0. The van der Waals surface area contributed by atoms with Crippen molar-refractivity contribution in [3.63, 3.8) is 0 Å². The minimum atomic E-state index is 0. The largest absolute Gasteiger partial charge is 0 e. The quantitative estimate of drug-likeness (QED) is 0.438. The Labute approximate surface area is 227 Å². The zero-order chi connectivity index (χ0) is 0. The van der Waals surface area contributed by atoms with Crippen LogP contribution in [-0.2, 0) is 0 Å². The molecule has 5 heteroatoms.